The molecule has 2 N–H and O–H groups in total. The average Bonchev–Trinajstić information content (AvgIpc) is 3.00. The summed E-state index contributed by atoms with van der Waals surface area (Å²) in [6.45, 7) is 3.86. The Kier molecular flexibility index (Phi) is 4.56. The predicted molar refractivity (Wildman–Crippen MR) is 92.5 cm³/mol. The van der Waals surface area contributed by atoms with Gasteiger partial charge in [-0.1, -0.05) is 30.3 Å². The van der Waals surface area contributed by atoms with Crippen LogP contribution < -0.4 is 10.6 Å². The van der Waals surface area contributed by atoms with Gasteiger partial charge in [0.15, 0.2) is 5.82 Å². The summed E-state index contributed by atoms with van der Waals surface area (Å²) in [5.41, 5.74) is 3.39. The molecule has 0 fully saturated rings. The van der Waals surface area contributed by atoms with Crippen LogP contribution >= 0.6 is 0 Å². The van der Waals surface area contributed by atoms with Gasteiger partial charge in [-0.05, 0) is 31.0 Å². The fourth-order valence-electron chi connectivity index (χ4n) is 2.35. The van der Waals surface area contributed by atoms with Crippen molar-refractivity contribution in [3.05, 3.63) is 65.7 Å². The highest BCUT2D eigenvalue weighted by molar-refractivity contribution is 6.04. The van der Waals surface area contributed by atoms with E-state index in [1.54, 1.807) is 25.3 Å². The number of benzene rings is 1. The molecule has 0 bridgehead atoms. The molecule has 0 aliphatic heterocycles. The van der Waals surface area contributed by atoms with Gasteiger partial charge in [0.05, 0.1) is 17.4 Å². The van der Waals surface area contributed by atoms with Gasteiger partial charge < -0.3 is 15.2 Å². The van der Waals surface area contributed by atoms with Crippen LogP contribution in [0, 0.1) is 6.92 Å². The Hall–Kier alpha value is -3.15. The highest BCUT2D eigenvalue weighted by Gasteiger charge is 2.10. The van der Waals surface area contributed by atoms with E-state index in [0.717, 1.165) is 17.8 Å². The number of pyridine rings is 1. The van der Waals surface area contributed by atoms with Crippen LogP contribution in [0.3, 0.4) is 0 Å². The fourth-order valence-corrected chi connectivity index (χ4v) is 2.35. The van der Waals surface area contributed by atoms with Crippen molar-refractivity contribution in [2.45, 2.75) is 20.3 Å². The topological polar surface area (TPSA) is 80.0 Å². The van der Waals surface area contributed by atoms with Gasteiger partial charge in [0.1, 0.15) is 5.76 Å². The number of aromatic nitrogens is 2. The molecule has 2 aromatic heterocycles. The molecule has 24 heavy (non-hydrogen) atoms. The summed E-state index contributed by atoms with van der Waals surface area (Å²) in [6, 6.07) is 11.5. The van der Waals surface area contributed by atoms with Crippen LogP contribution in [-0.4, -0.2) is 16.0 Å². The first kappa shape index (κ1) is 15.7. The molecule has 6 heteroatoms. The smallest absolute Gasteiger partial charge is 0.258 e. The van der Waals surface area contributed by atoms with Crippen LogP contribution in [0.2, 0.25) is 0 Å². The van der Waals surface area contributed by atoms with Crippen molar-refractivity contribution in [3.63, 3.8) is 0 Å². The number of hydrogen-bond acceptors (Lipinski definition) is 5. The predicted octanol–water partition coefficient (Wildman–Crippen LogP) is 3.94. The molecule has 0 saturated carbocycles. The highest BCUT2D eigenvalue weighted by Crippen LogP contribution is 2.21. The van der Waals surface area contributed by atoms with E-state index < -0.39 is 0 Å². The van der Waals surface area contributed by atoms with Crippen LogP contribution in [0.25, 0.3) is 0 Å². The molecule has 0 radical (unpaired) electrons. The Morgan fingerprint density at radius 3 is 2.79 bits per heavy atom. The number of rotatable bonds is 5. The molecule has 6 nitrogen and oxygen atoms in total. The molecule has 0 saturated heterocycles. The number of carbonyl (C=O) groups excluding carboxylic acids is 1. The lowest BCUT2D eigenvalue weighted by atomic mass is 10.1. The largest absolute Gasteiger partial charge is 0.360 e. The zero-order valence-corrected chi connectivity index (χ0v) is 13.5. The second-order valence-corrected chi connectivity index (χ2v) is 5.37. The first-order valence-corrected chi connectivity index (χ1v) is 7.70. The van der Waals surface area contributed by atoms with Gasteiger partial charge in [0.2, 0.25) is 0 Å². The number of carbonyl (C=O) groups is 1. The van der Waals surface area contributed by atoms with Crippen molar-refractivity contribution in [1.29, 1.82) is 0 Å². The van der Waals surface area contributed by atoms with Crippen LogP contribution in [0.4, 0.5) is 17.2 Å². The molecule has 0 atom stereocenters. The monoisotopic (exact) mass is 322 g/mol. The van der Waals surface area contributed by atoms with Gasteiger partial charge in [0, 0.05) is 18.0 Å². The standard InChI is InChI=1S/C18H18N4O2/c1-3-13-6-4-5-7-16(13)20-15-9-14(10-19-11-15)18(23)21-17-8-12(2)24-22-17/h4-11,20H,3H2,1-2H3,(H,21,22,23). The summed E-state index contributed by atoms with van der Waals surface area (Å²) >= 11 is 0. The summed E-state index contributed by atoms with van der Waals surface area (Å²) in [7, 11) is 0. The normalized spacial score (nSPS) is 10.4. The Labute approximate surface area is 139 Å². The lowest BCUT2D eigenvalue weighted by Gasteiger charge is -2.11. The Morgan fingerprint density at radius 1 is 1.21 bits per heavy atom. The molecule has 1 amide bonds. The van der Waals surface area contributed by atoms with Crippen LogP contribution in [0.5, 0.6) is 0 Å². The van der Waals surface area contributed by atoms with E-state index in [1.807, 2.05) is 18.2 Å². The highest BCUT2D eigenvalue weighted by atomic mass is 16.5. The Morgan fingerprint density at radius 2 is 2.04 bits per heavy atom. The maximum atomic E-state index is 12.3. The molecule has 3 rings (SSSR count). The van der Waals surface area contributed by atoms with Crippen molar-refractivity contribution in [2.75, 3.05) is 10.6 Å². The molecule has 0 aliphatic rings. The second kappa shape index (κ2) is 6.95. The molecule has 1 aromatic carbocycles. The van der Waals surface area contributed by atoms with Crippen LogP contribution in [-0.2, 0) is 6.42 Å². The molecule has 3 aromatic rings. The van der Waals surface area contributed by atoms with E-state index in [4.69, 9.17) is 4.52 Å². The molecular formula is C18H18N4O2. The first-order valence-electron chi connectivity index (χ1n) is 7.70. The van der Waals surface area contributed by atoms with E-state index in [-0.39, 0.29) is 5.91 Å². The van der Waals surface area contributed by atoms with Gasteiger partial charge >= 0.3 is 0 Å². The minimum absolute atomic E-state index is 0.289. The Bertz CT molecular complexity index is 857. The summed E-state index contributed by atoms with van der Waals surface area (Å²) in [4.78, 5) is 16.4. The number of para-hydroxylation sites is 1. The second-order valence-electron chi connectivity index (χ2n) is 5.37. The lowest BCUT2D eigenvalue weighted by molar-refractivity contribution is 0.102. The molecule has 0 unspecified atom stereocenters. The van der Waals surface area contributed by atoms with Crippen LogP contribution in [0.1, 0.15) is 28.6 Å². The summed E-state index contributed by atoms with van der Waals surface area (Å²) in [5, 5.41) is 9.74. The van der Waals surface area contributed by atoms with E-state index in [0.29, 0.717) is 17.1 Å². The van der Waals surface area contributed by atoms with E-state index in [1.165, 1.54) is 11.8 Å². The minimum atomic E-state index is -0.289. The van der Waals surface area contributed by atoms with Gasteiger partial charge in [-0.15, -0.1) is 0 Å². The van der Waals surface area contributed by atoms with E-state index in [9.17, 15) is 4.79 Å². The number of amides is 1. The fraction of sp³-hybridized carbons (Fsp3) is 0.167. The quantitative estimate of drug-likeness (QED) is 0.744. The summed E-state index contributed by atoms with van der Waals surface area (Å²) in [6.07, 6.45) is 4.12. The third kappa shape index (κ3) is 3.60. The molecule has 2 heterocycles. The zero-order valence-electron chi connectivity index (χ0n) is 13.5. The summed E-state index contributed by atoms with van der Waals surface area (Å²) in [5.74, 6) is 0.727. The van der Waals surface area contributed by atoms with Gasteiger partial charge in [-0.3, -0.25) is 9.78 Å². The van der Waals surface area contributed by atoms with Gasteiger partial charge in [-0.2, -0.15) is 0 Å². The van der Waals surface area contributed by atoms with Gasteiger partial charge in [-0.25, -0.2) is 0 Å². The van der Waals surface area contributed by atoms with Crippen molar-refractivity contribution < 1.29 is 9.32 Å². The molecule has 0 spiro atoms. The van der Waals surface area contributed by atoms with Crippen molar-refractivity contribution in [1.82, 2.24) is 10.1 Å². The third-order valence-corrected chi connectivity index (χ3v) is 3.55. The van der Waals surface area contributed by atoms with Crippen molar-refractivity contribution in [3.8, 4) is 0 Å². The van der Waals surface area contributed by atoms with E-state index in [2.05, 4.69) is 33.8 Å². The number of aryl methyl sites for hydroxylation is 2. The maximum Gasteiger partial charge on any atom is 0.258 e. The minimum Gasteiger partial charge on any atom is -0.360 e. The van der Waals surface area contributed by atoms with E-state index >= 15 is 0 Å². The number of anilines is 3. The van der Waals surface area contributed by atoms with Crippen LogP contribution in [0.15, 0.2) is 53.3 Å². The molecular weight excluding hydrogens is 304 g/mol. The zero-order chi connectivity index (χ0) is 16.9. The first-order chi connectivity index (χ1) is 11.7. The molecule has 0 aliphatic carbocycles. The number of hydrogen-bond donors (Lipinski definition) is 2. The number of nitrogens with one attached hydrogen (secondary N) is 2. The third-order valence-electron chi connectivity index (χ3n) is 3.55. The Balaban J connectivity index is 1.77. The van der Waals surface area contributed by atoms with Crippen molar-refractivity contribution in [2.24, 2.45) is 0 Å². The SMILES string of the molecule is CCc1ccccc1Nc1cncc(C(=O)Nc2cc(C)on2)c1. The van der Waals surface area contributed by atoms with Crippen molar-refractivity contribution >= 4 is 23.1 Å². The van der Waals surface area contributed by atoms with Gasteiger partial charge in [0.25, 0.3) is 5.91 Å². The summed E-state index contributed by atoms with van der Waals surface area (Å²) < 4.78 is 4.94. The maximum absolute atomic E-state index is 12.3. The lowest BCUT2D eigenvalue weighted by Crippen LogP contribution is -2.12. The molecule has 122 valence electrons. The average molecular weight is 322 g/mol. The number of nitrogens with zero attached hydrogens (tertiary/aromatic N) is 2.